The van der Waals surface area contributed by atoms with Gasteiger partial charge in [0.1, 0.15) is 0 Å². The molecule has 0 spiro atoms. The second-order valence-corrected chi connectivity index (χ2v) is 5.59. The fourth-order valence-electron chi connectivity index (χ4n) is 2.32. The third-order valence-corrected chi connectivity index (χ3v) is 3.08. The topological polar surface area (TPSA) is 80.9 Å². The number of hydrogen-bond acceptors (Lipinski definition) is 4. The highest BCUT2D eigenvalue weighted by Crippen LogP contribution is 2.00. The van der Waals surface area contributed by atoms with Crippen molar-refractivity contribution < 1.29 is 20.1 Å². The van der Waals surface area contributed by atoms with E-state index in [1.54, 1.807) is 24.3 Å². The van der Waals surface area contributed by atoms with Gasteiger partial charge in [-0.05, 0) is 38.6 Å². The van der Waals surface area contributed by atoms with E-state index in [9.17, 15) is 0 Å². The second-order valence-electron chi connectivity index (χ2n) is 5.59. The van der Waals surface area contributed by atoms with Crippen LogP contribution >= 0.6 is 0 Å². The Kier molecular flexibility index (Phi) is 6.84. The van der Waals surface area contributed by atoms with Gasteiger partial charge in [-0.2, -0.15) is 0 Å². The van der Waals surface area contributed by atoms with Gasteiger partial charge in [0.15, 0.2) is 0 Å². The molecule has 0 aliphatic carbocycles. The number of benzene rings is 2. The molecule has 2 rings (SSSR count). The second kappa shape index (κ2) is 8.15. The SMILES string of the molecule is Cc1cc(C)cc(B(O)O)c1.Cc1cc(C)cc(B(O)O)c1. The van der Waals surface area contributed by atoms with Crippen molar-refractivity contribution in [3.8, 4) is 0 Å². The van der Waals surface area contributed by atoms with Gasteiger partial charge in [0.2, 0.25) is 0 Å². The standard InChI is InChI=1S/2C8H11BO2/c2*1-6-3-7(2)5-8(4-6)9(10)11/h2*3-5,10-11H,1-2H3. The normalized spacial score (nSPS) is 9.82. The van der Waals surface area contributed by atoms with Crippen LogP contribution in [0.15, 0.2) is 36.4 Å². The van der Waals surface area contributed by atoms with Gasteiger partial charge in [-0.15, -0.1) is 0 Å². The molecule has 4 N–H and O–H groups in total. The minimum Gasteiger partial charge on any atom is -0.423 e. The first-order valence-corrected chi connectivity index (χ1v) is 7.07. The van der Waals surface area contributed by atoms with Crippen LogP contribution in [-0.2, 0) is 0 Å². The molecule has 0 fully saturated rings. The molecule has 0 saturated heterocycles. The van der Waals surface area contributed by atoms with Crippen molar-refractivity contribution in [2.75, 3.05) is 0 Å². The first-order chi connectivity index (χ1) is 10.2. The fourth-order valence-corrected chi connectivity index (χ4v) is 2.32. The Balaban J connectivity index is 0.000000220. The predicted octanol–water partition coefficient (Wildman–Crippen LogP) is -0.0335. The largest absolute Gasteiger partial charge is 0.488 e. The molecule has 0 atom stereocenters. The Morgan fingerprint density at radius 2 is 0.727 bits per heavy atom. The fraction of sp³-hybridized carbons (Fsp3) is 0.250. The minimum absolute atomic E-state index is 0.558. The molecule has 2 aromatic carbocycles. The molecule has 0 heterocycles. The van der Waals surface area contributed by atoms with Crippen LogP contribution in [0.3, 0.4) is 0 Å². The highest BCUT2D eigenvalue weighted by Gasteiger charge is 2.11. The molecule has 116 valence electrons. The molecular formula is C16H22B2O4. The lowest BCUT2D eigenvalue weighted by molar-refractivity contribution is 0.424. The molecule has 0 saturated carbocycles. The quantitative estimate of drug-likeness (QED) is 0.587. The van der Waals surface area contributed by atoms with E-state index in [0.29, 0.717) is 10.9 Å². The molecule has 0 aromatic heterocycles. The van der Waals surface area contributed by atoms with E-state index in [4.69, 9.17) is 20.1 Å². The third kappa shape index (κ3) is 6.03. The lowest BCUT2D eigenvalue weighted by Gasteiger charge is -2.02. The van der Waals surface area contributed by atoms with E-state index in [2.05, 4.69) is 0 Å². The van der Waals surface area contributed by atoms with Crippen LogP contribution in [0.1, 0.15) is 22.3 Å². The Labute approximate surface area is 132 Å². The van der Waals surface area contributed by atoms with E-state index in [-0.39, 0.29) is 0 Å². The average molecular weight is 300 g/mol. The van der Waals surface area contributed by atoms with Crippen LogP contribution in [0.2, 0.25) is 0 Å². The molecule has 0 amide bonds. The van der Waals surface area contributed by atoms with Gasteiger partial charge >= 0.3 is 14.2 Å². The van der Waals surface area contributed by atoms with Crippen LogP contribution in [-0.4, -0.2) is 34.3 Å². The zero-order valence-electron chi connectivity index (χ0n) is 13.4. The monoisotopic (exact) mass is 300 g/mol. The van der Waals surface area contributed by atoms with Crippen molar-refractivity contribution in [1.82, 2.24) is 0 Å². The van der Waals surface area contributed by atoms with Gasteiger partial charge in [0, 0.05) is 0 Å². The Hall–Kier alpha value is -1.59. The molecule has 6 heteroatoms. The zero-order valence-corrected chi connectivity index (χ0v) is 13.4. The molecule has 4 nitrogen and oxygen atoms in total. The number of aryl methyl sites for hydroxylation is 4. The number of hydrogen-bond donors (Lipinski definition) is 4. The van der Waals surface area contributed by atoms with Crippen molar-refractivity contribution in [2.24, 2.45) is 0 Å². The lowest BCUT2D eigenvalue weighted by atomic mass is 9.79. The molecule has 0 unspecified atom stereocenters. The predicted molar refractivity (Wildman–Crippen MR) is 91.5 cm³/mol. The summed E-state index contributed by atoms with van der Waals surface area (Å²) in [5.41, 5.74) is 5.31. The molecule has 0 aliphatic rings. The van der Waals surface area contributed by atoms with Crippen molar-refractivity contribution in [3.63, 3.8) is 0 Å². The van der Waals surface area contributed by atoms with Gasteiger partial charge in [0.05, 0.1) is 0 Å². The summed E-state index contributed by atoms with van der Waals surface area (Å²) in [7, 11) is -2.71. The Morgan fingerprint density at radius 3 is 0.909 bits per heavy atom. The summed E-state index contributed by atoms with van der Waals surface area (Å²) in [5, 5.41) is 35.3. The smallest absolute Gasteiger partial charge is 0.423 e. The van der Waals surface area contributed by atoms with Crippen molar-refractivity contribution in [2.45, 2.75) is 27.7 Å². The summed E-state index contributed by atoms with van der Waals surface area (Å²) < 4.78 is 0. The van der Waals surface area contributed by atoms with Gasteiger partial charge in [0.25, 0.3) is 0 Å². The van der Waals surface area contributed by atoms with E-state index < -0.39 is 14.2 Å². The maximum atomic E-state index is 8.83. The first kappa shape index (κ1) is 18.5. The van der Waals surface area contributed by atoms with Gasteiger partial charge < -0.3 is 20.1 Å². The van der Waals surface area contributed by atoms with Gasteiger partial charge in [-0.3, -0.25) is 0 Å². The minimum atomic E-state index is -1.35. The van der Waals surface area contributed by atoms with E-state index in [0.717, 1.165) is 22.3 Å². The summed E-state index contributed by atoms with van der Waals surface area (Å²) in [6.45, 7) is 7.72. The maximum Gasteiger partial charge on any atom is 0.488 e. The van der Waals surface area contributed by atoms with Crippen LogP contribution in [0.4, 0.5) is 0 Å². The van der Waals surface area contributed by atoms with Crippen LogP contribution in [0.25, 0.3) is 0 Å². The van der Waals surface area contributed by atoms with E-state index in [1.807, 2.05) is 39.8 Å². The number of rotatable bonds is 2. The summed E-state index contributed by atoms with van der Waals surface area (Å²) in [6, 6.07) is 11.0. The Morgan fingerprint density at radius 1 is 0.500 bits per heavy atom. The van der Waals surface area contributed by atoms with Gasteiger partial charge in [-0.1, -0.05) is 58.7 Å². The first-order valence-electron chi connectivity index (χ1n) is 7.07. The van der Waals surface area contributed by atoms with Crippen LogP contribution in [0.5, 0.6) is 0 Å². The van der Waals surface area contributed by atoms with Crippen LogP contribution < -0.4 is 10.9 Å². The maximum absolute atomic E-state index is 8.83. The van der Waals surface area contributed by atoms with E-state index in [1.165, 1.54) is 0 Å². The lowest BCUT2D eigenvalue weighted by Crippen LogP contribution is -2.30. The highest BCUT2D eigenvalue weighted by atomic mass is 16.4. The zero-order chi connectivity index (χ0) is 16.9. The summed E-state index contributed by atoms with van der Waals surface area (Å²) in [6.07, 6.45) is 0. The Bertz CT molecular complexity index is 532. The molecular weight excluding hydrogens is 278 g/mol. The van der Waals surface area contributed by atoms with Crippen molar-refractivity contribution >= 4 is 25.2 Å². The van der Waals surface area contributed by atoms with Crippen molar-refractivity contribution in [1.29, 1.82) is 0 Å². The molecule has 22 heavy (non-hydrogen) atoms. The molecule has 0 bridgehead atoms. The average Bonchev–Trinajstić information content (AvgIpc) is 2.37. The third-order valence-electron chi connectivity index (χ3n) is 3.08. The molecule has 2 aromatic rings. The highest BCUT2D eigenvalue weighted by molar-refractivity contribution is 6.59. The molecule has 0 aliphatic heterocycles. The summed E-state index contributed by atoms with van der Waals surface area (Å²) >= 11 is 0. The summed E-state index contributed by atoms with van der Waals surface area (Å²) in [4.78, 5) is 0. The van der Waals surface area contributed by atoms with E-state index >= 15 is 0 Å². The molecule has 0 radical (unpaired) electrons. The summed E-state index contributed by atoms with van der Waals surface area (Å²) in [5.74, 6) is 0. The van der Waals surface area contributed by atoms with Gasteiger partial charge in [-0.25, -0.2) is 0 Å². The van der Waals surface area contributed by atoms with Crippen molar-refractivity contribution in [3.05, 3.63) is 58.7 Å². The van der Waals surface area contributed by atoms with Crippen LogP contribution in [0, 0.1) is 27.7 Å².